The number of nitro benzene ring substituents is 1. The van der Waals surface area contributed by atoms with Gasteiger partial charge < -0.3 is 5.32 Å². The van der Waals surface area contributed by atoms with Gasteiger partial charge in [0.2, 0.25) is 5.91 Å². The fourth-order valence-corrected chi connectivity index (χ4v) is 1.91. The highest BCUT2D eigenvalue weighted by Gasteiger charge is 2.05. The van der Waals surface area contributed by atoms with Crippen LogP contribution in [-0.4, -0.2) is 16.6 Å². The molecule has 23 heavy (non-hydrogen) atoms. The monoisotopic (exact) mass is 310 g/mol. The number of nitrogens with zero attached hydrogens (tertiary/aromatic N) is 1. The molecule has 0 spiro atoms. The summed E-state index contributed by atoms with van der Waals surface area (Å²) in [6.07, 6.45) is 2.76. The summed E-state index contributed by atoms with van der Waals surface area (Å²) >= 11 is 0. The maximum absolute atomic E-state index is 11.9. The van der Waals surface area contributed by atoms with Gasteiger partial charge in [-0.2, -0.15) is 0 Å². The van der Waals surface area contributed by atoms with Gasteiger partial charge in [0.05, 0.1) is 4.92 Å². The van der Waals surface area contributed by atoms with Crippen LogP contribution in [0.3, 0.4) is 0 Å². The van der Waals surface area contributed by atoms with Crippen molar-refractivity contribution in [3.63, 3.8) is 0 Å². The molecule has 0 bridgehead atoms. The van der Waals surface area contributed by atoms with Crippen molar-refractivity contribution >= 4 is 29.1 Å². The van der Waals surface area contributed by atoms with E-state index in [0.717, 1.165) is 0 Å². The molecule has 2 aromatic rings. The summed E-state index contributed by atoms with van der Waals surface area (Å²) in [5, 5.41) is 13.3. The Morgan fingerprint density at radius 3 is 2.57 bits per heavy atom. The Hall–Kier alpha value is -3.28. The minimum atomic E-state index is -0.495. The fourth-order valence-electron chi connectivity index (χ4n) is 1.91. The summed E-state index contributed by atoms with van der Waals surface area (Å²) in [5.74, 6) is -0.481. The quantitative estimate of drug-likeness (QED) is 0.396. The van der Waals surface area contributed by atoms with Crippen molar-refractivity contribution < 1.29 is 14.5 Å². The molecule has 1 amide bonds. The first-order valence-electron chi connectivity index (χ1n) is 6.80. The third-order valence-electron chi connectivity index (χ3n) is 3.04. The van der Waals surface area contributed by atoms with Crippen LogP contribution in [0.15, 0.2) is 54.6 Å². The van der Waals surface area contributed by atoms with Gasteiger partial charge in [0.15, 0.2) is 5.78 Å². The zero-order valence-electron chi connectivity index (χ0n) is 12.4. The highest BCUT2D eigenvalue weighted by atomic mass is 16.6. The number of nitro groups is 1. The van der Waals surface area contributed by atoms with Gasteiger partial charge in [-0.05, 0) is 30.7 Å². The largest absolute Gasteiger partial charge is 0.322 e. The predicted molar refractivity (Wildman–Crippen MR) is 87.2 cm³/mol. The van der Waals surface area contributed by atoms with Gasteiger partial charge >= 0.3 is 0 Å². The minimum absolute atomic E-state index is 0.0401. The Kier molecular flexibility index (Phi) is 4.99. The van der Waals surface area contributed by atoms with Gasteiger partial charge in [-0.25, -0.2) is 0 Å². The summed E-state index contributed by atoms with van der Waals surface area (Å²) in [6.45, 7) is 1.45. The number of carbonyl (C=O) groups excluding carboxylic acids is 2. The molecule has 0 atom stereocenters. The number of benzene rings is 2. The molecule has 0 fully saturated rings. The van der Waals surface area contributed by atoms with Crippen LogP contribution in [0.4, 0.5) is 11.4 Å². The Morgan fingerprint density at radius 1 is 1.13 bits per heavy atom. The molecule has 0 heterocycles. The summed E-state index contributed by atoms with van der Waals surface area (Å²) in [5.41, 5.74) is 1.52. The maximum atomic E-state index is 11.9. The smallest absolute Gasteiger partial charge is 0.270 e. The number of rotatable bonds is 5. The molecule has 116 valence electrons. The van der Waals surface area contributed by atoms with Crippen LogP contribution in [0.5, 0.6) is 0 Å². The number of ketones is 1. The van der Waals surface area contributed by atoms with Gasteiger partial charge in [-0.3, -0.25) is 19.7 Å². The lowest BCUT2D eigenvalue weighted by molar-refractivity contribution is -0.384. The lowest BCUT2D eigenvalue weighted by atomic mass is 10.1. The number of hydrogen-bond acceptors (Lipinski definition) is 4. The molecule has 0 aliphatic heterocycles. The van der Waals surface area contributed by atoms with Crippen LogP contribution in [-0.2, 0) is 4.79 Å². The van der Waals surface area contributed by atoms with Crippen molar-refractivity contribution in [3.8, 4) is 0 Å². The Balaban J connectivity index is 2.07. The second kappa shape index (κ2) is 7.13. The molecule has 6 nitrogen and oxygen atoms in total. The number of non-ortho nitro benzene ring substituents is 1. The van der Waals surface area contributed by atoms with Crippen molar-refractivity contribution in [3.05, 3.63) is 75.8 Å². The molecule has 0 radical (unpaired) electrons. The average molecular weight is 310 g/mol. The van der Waals surface area contributed by atoms with Crippen molar-refractivity contribution in [1.82, 2.24) is 0 Å². The van der Waals surface area contributed by atoms with Crippen molar-refractivity contribution in [1.29, 1.82) is 0 Å². The number of hydrogen-bond donors (Lipinski definition) is 1. The minimum Gasteiger partial charge on any atom is -0.322 e. The van der Waals surface area contributed by atoms with E-state index in [1.807, 2.05) is 0 Å². The molecule has 0 aliphatic carbocycles. The number of anilines is 1. The normalized spacial score (nSPS) is 10.5. The first-order chi connectivity index (χ1) is 11.0. The van der Waals surface area contributed by atoms with Gasteiger partial charge in [-0.1, -0.05) is 24.3 Å². The summed E-state index contributed by atoms with van der Waals surface area (Å²) in [4.78, 5) is 33.4. The third-order valence-corrected chi connectivity index (χ3v) is 3.04. The number of carbonyl (C=O) groups is 2. The number of Topliss-reactive ketones (excluding diaryl/α,β-unsaturated/α-hetero) is 1. The van der Waals surface area contributed by atoms with Gasteiger partial charge in [0.1, 0.15) is 0 Å². The first-order valence-corrected chi connectivity index (χ1v) is 6.80. The zero-order valence-corrected chi connectivity index (χ0v) is 12.4. The number of amides is 1. The van der Waals surface area contributed by atoms with E-state index in [0.29, 0.717) is 16.8 Å². The molecule has 0 aromatic heterocycles. The summed E-state index contributed by atoms with van der Waals surface area (Å²) in [7, 11) is 0. The highest BCUT2D eigenvalue weighted by Crippen LogP contribution is 2.15. The van der Waals surface area contributed by atoms with Gasteiger partial charge in [-0.15, -0.1) is 0 Å². The topological polar surface area (TPSA) is 89.3 Å². The van der Waals surface area contributed by atoms with E-state index in [-0.39, 0.29) is 11.5 Å². The molecule has 1 N–H and O–H groups in total. The molecule has 2 aromatic carbocycles. The Morgan fingerprint density at radius 2 is 1.87 bits per heavy atom. The second-order valence-electron chi connectivity index (χ2n) is 4.81. The van der Waals surface area contributed by atoms with Crippen LogP contribution in [0.25, 0.3) is 6.08 Å². The fraction of sp³-hybridized carbons (Fsp3) is 0.0588. The molecular weight excluding hydrogens is 296 g/mol. The van der Waals surface area contributed by atoms with Crippen molar-refractivity contribution in [2.24, 2.45) is 0 Å². The molecule has 0 saturated heterocycles. The van der Waals surface area contributed by atoms with E-state index >= 15 is 0 Å². The molecule has 0 unspecified atom stereocenters. The van der Waals surface area contributed by atoms with E-state index in [1.165, 1.54) is 31.2 Å². The van der Waals surface area contributed by atoms with E-state index in [9.17, 15) is 19.7 Å². The van der Waals surface area contributed by atoms with Crippen LogP contribution < -0.4 is 5.32 Å². The lowest BCUT2D eigenvalue weighted by Crippen LogP contribution is -2.08. The van der Waals surface area contributed by atoms with Crippen molar-refractivity contribution in [2.75, 3.05) is 5.32 Å². The molecule has 2 rings (SSSR count). The predicted octanol–water partition coefficient (Wildman–Crippen LogP) is 3.45. The van der Waals surface area contributed by atoms with Crippen LogP contribution >= 0.6 is 0 Å². The highest BCUT2D eigenvalue weighted by molar-refractivity contribution is 6.03. The van der Waals surface area contributed by atoms with Gasteiger partial charge in [0.25, 0.3) is 5.69 Å². The Bertz CT molecular complexity index is 797. The van der Waals surface area contributed by atoms with Crippen LogP contribution in [0.1, 0.15) is 22.8 Å². The molecule has 0 aliphatic rings. The molecular formula is C17H14N2O4. The third kappa shape index (κ3) is 4.60. The maximum Gasteiger partial charge on any atom is 0.270 e. The van der Waals surface area contributed by atoms with E-state index in [4.69, 9.17) is 0 Å². The summed E-state index contributed by atoms with van der Waals surface area (Å²) < 4.78 is 0. The van der Waals surface area contributed by atoms with E-state index in [2.05, 4.69) is 5.32 Å². The second-order valence-corrected chi connectivity index (χ2v) is 4.81. The van der Waals surface area contributed by atoms with Crippen molar-refractivity contribution in [2.45, 2.75) is 6.92 Å². The molecule has 6 heteroatoms. The van der Waals surface area contributed by atoms with Crippen LogP contribution in [0, 0.1) is 10.1 Å². The lowest BCUT2D eigenvalue weighted by Gasteiger charge is -2.03. The van der Waals surface area contributed by atoms with Gasteiger partial charge in [0, 0.05) is 29.5 Å². The standard InChI is InChI=1S/C17H14N2O4/c1-12(20)14-5-3-6-15(11-14)18-17(21)9-8-13-4-2-7-16(10-13)19(22)23/h2-11H,1H3,(H,18,21)/b9-8-. The van der Waals surface area contributed by atoms with E-state index in [1.54, 1.807) is 36.4 Å². The zero-order chi connectivity index (χ0) is 16.8. The van der Waals surface area contributed by atoms with Crippen LogP contribution in [0.2, 0.25) is 0 Å². The average Bonchev–Trinajstić information content (AvgIpc) is 2.53. The SMILES string of the molecule is CC(=O)c1cccc(NC(=O)/C=C\c2cccc([N+](=O)[O-])c2)c1. The first kappa shape index (κ1) is 16.1. The molecule has 0 saturated carbocycles. The Labute approximate surface area is 132 Å². The number of nitrogens with one attached hydrogen (secondary N) is 1. The van der Waals surface area contributed by atoms with E-state index < -0.39 is 10.8 Å². The summed E-state index contributed by atoms with van der Waals surface area (Å²) in [6, 6.07) is 12.6.